The van der Waals surface area contributed by atoms with Gasteiger partial charge in [-0.15, -0.1) is 0 Å². The van der Waals surface area contributed by atoms with E-state index >= 15 is 0 Å². The van der Waals surface area contributed by atoms with Crippen molar-refractivity contribution in [1.82, 2.24) is 10.2 Å². The number of carbonyl (C=O) groups excluding carboxylic acids is 1. The van der Waals surface area contributed by atoms with Crippen LogP contribution < -0.4 is 5.32 Å². The SMILES string of the molecule is CCCCN(C(=O)NC(CO)C(=O)O)C1CC1. The number of nitrogens with zero attached hydrogens (tertiary/aromatic N) is 1. The van der Waals surface area contributed by atoms with Crippen LogP contribution in [0.2, 0.25) is 0 Å². The van der Waals surface area contributed by atoms with E-state index in [-0.39, 0.29) is 12.1 Å². The summed E-state index contributed by atoms with van der Waals surface area (Å²) in [6.45, 7) is 2.09. The van der Waals surface area contributed by atoms with Crippen LogP contribution in [-0.4, -0.2) is 52.3 Å². The number of amides is 2. The molecule has 0 heterocycles. The molecule has 1 saturated carbocycles. The number of aliphatic hydroxyl groups excluding tert-OH is 1. The third-order valence-electron chi connectivity index (χ3n) is 2.78. The van der Waals surface area contributed by atoms with Crippen LogP contribution in [0.5, 0.6) is 0 Å². The summed E-state index contributed by atoms with van der Waals surface area (Å²) in [5.41, 5.74) is 0. The number of carboxylic acids is 1. The van der Waals surface area contributed by atoms with Gasteiger partial charge in [0.05, 0.1) is 6.61 Å². The minimum Gasteiger partial charge on any atom is -0.480 e. The van der Waals surface area contributed by atoms with Crippen LogP contribution in [0.15, 0.2) is 0 Å². The smallest absolute Gasteiger partial charge is 0.328 e. The van der Waals surface area contributed by atoms with Gasteiger partial charge in [0.15, 0.2) is 6.04 Å². The van der Waals surface area contributed by atoms with Crippen molar-refractivity contribution >= 4 is 12.0 Å². The lowest BCUT2D eigenvalue weighted by atomic mass is 10.3. The molecule has 2 amide bonds. The molecular weight excluding hydrogens is 224 g/mol. The van der Waals surface area contributed by atoms with Crippen molar-refractivity contribution < 1.29 is 19.8 Å². The van der Waals surface area contributed by atoms with E-state index in [1.54, 1.807) is 4.90 Å². The number of hydrogen-bond acceptors (Lipinski definition) is 3. The minimum atomic E-state index is -1.22. The molecule has 1 rings (SSSR count). The van der Waals surface area contributed by atoms with E-state index in [4.69, 9.17) is 10.2 Å². The fraction of sp³-hybridized carbons (Fsp3) is 0.818. The van der Waals surface area contributed by atoms with Gasteiger partial charge in [0.2, 0.25) is 0 Å². The van der Waals surface area contributed by atoms with Gasteiger partial charge in [-0.25, -0.2) is 9.59 Å². The molecule has 0 aromatic carbocycles. The Hall–Kier alpha value is -1.30. The minimum absolute atomic E-state index is 0.245. The highest BCUT2D eigenvalue weighted by atomic mass is 16.4. The molecular formula is C11H20N2O4. The van der Waals surface area contributed by atoms with Crippen LogP contribution >= 0.6 is 0 Å². The first-order chi connectivity index (χ1) is 8.10. The molecule has 1 fully saturated rings. The van der Waals surface area contributed by atoms with Crippen molar-refractivity contribution in [2.75, 3.05) is 13.2 Å². The summed E-state index contributed by atoms with van der Waals surface area (Å²) >= 11 is 0. The zero-order valence-electron chi connectivity index (χ0n) is 10.1. The van der Waals surface area contributed by atoms with Gasteiger partial charge in [0, 0.05) is 12.6 Å². The lowest BCUT2D eigenvalue weighted by molar-refractivity contribution is -0.140. The number of carbonyl (C=O) groups is 2. The van der Waals surface area contributed by atoms with Gasteiger partial charge in [-0.3, -0.25) is 0 Å². The molecule has 17 heavy (non-hydrogen) atoms. The fourth-order valence-electron chi connectivity index (χ4n) is 1.58. The molecule has 6 nitrogen and oxygen atoms in total. The summed E-state index contributed by atoms with van der Waals surface area (Å²) in [6.07, 6.45) is 3.85. The van der Waals surface area contributed by atoms with Gasteiger partial charge in [0.25, 0.3) is 0 Å². The predicted molar refractivity (Wildman–Crippen MR) is 61.7 cm³/mol. The summed E-state index contributed by atoms with van der Waals surface area (Å²) in [5, 5.41) is 19.9. The van der Waals surface area contributed by atoms with Crippen LogP contribution in [0, 0.1) is 0 Å². The van der Waals surface area contributed by atoms with Gasteiger partial charge in [-0.05, 0) is 19.3 Å². The van der Waals surface area contributed by atoms with Crippen LogP contribution in [-0.2, 0) is 4.79 Å². The number of carboxylic acid groups (broad SMARTS) is 1. The summed E-state index contributed by atoms with van der Waals surface area (Å²) in [6, 6.07) is -1.36. The molecule has 0 aromatic heterocycles. The second-order valence-electron chi connectivity index (χ2n) is 4.30. The van der Waals surface area contributed by atoms with Crippen LogP contribution in [0.4, 0.5) is 4.79 Å². The Morgan fingerprint density at radius 3 is 2.53 bits per heavy atom. The fourth-order valence-corrected chi connectivity index (χ4v) is 1.58. The first-order valence-corrected chi connectivity index (χ1v) is 6.01. The molecule has 1 atom stereocenters. The van der Waals surface area contributed by atoms with Gasteiger partial charge in [0.1, 0.15) is 0 Å². The molecule has 3 N–H and O–H groups in total. The van der Waals surface area contributed by atoms with Crippen molar-refractivity contribution in [1.29, 1.82) is 0 Å². The highest BCUT2D eigenvalue weighted by molar-refractivity contribution is 5.83. The van der Waals surface area contributed by atoms with Gasteiger partial charge in [-0.2, -0.15) is 0 Å². The van der Waals surface area contributed by atoms with Crippen LogP contribution in [0.3, 0.4) is 0 Å². The average molecular weight is 244 g/mol. The first-order valence-electron chi connectivity index (χ1n) is 6.01. The Balaban J connectivity index is 2.49. The molecule has 0 aliphatic heterocycles. The molecule has 0 saturated heterocycles. The highest BCUT2D eigenvalue weighted by Crippen LogP contribution is 2.27. The molecule has 0 spiro atoms. The zero-order chi connectivity index (χ0) is 12.8. The van der Waals surface area contributed by atoms with E-state index in [0.29, 0.717) is 6.54 Å². The van der Waals surface area contributed by atoms with Crippen molar-refractivity contribution in [2.24, 2.45) is 0 Å². The molecule has 6 heteroatoms. The Morgan fingerprint density at radius 1 is 1.47 bits per heavy atom. The topological polar surface area (TPSA) is 89.9 Å². The van der Waals surface area contributed by atoms with Gasteiger partial charge in [-0.1, -0.05) is 13.3 Å². The standard InChI is InChI=1S/C11H20N2O4/c1-2-3-6-13(8-4-5-8)11(17)12-9(7-14)10(15)16/h8-9,14H,2-7H2,1H3,(H,12,17)(H,15,16). The van der Waals surface area contributed by atoms with Crippen LogP contribution in [0.25, 0.3) is 0 Å². The van der Waals surface area contributed by atoms with E-state index in [0.717, 1.165) is 25.7 Å². The predicted octanol–water partition coefficient (Wildman–Crippen LogP) is 0.406. The Kier molecular flexibility index (Phi) is 5.21. The van der Waals surface area contributed by atoms with Gasteiger partial charge >= 0.3 is 12.0 Å². The molecule has 0 bridgehead atoms. The number of hydrogen-bond donors (Lipinski definition) is 3. The maximum absolute atomic E-state index is 11.8. The van der Waals surface area contributed by atoms with Crippen molar-refractivity contribution in [3.8, 4) is 0 Å². The third-order valence-corrected chi connectivity index (χ3v) is 2.78. The number of rotatable bonds is 7. The van der Waals surface area contributed by atoms with Crippen LogP contribution in [0.1, 0.15) is 32.6 Å². The summed E-state index contributed by atoms with van der Waals surface area (Å²) in [5.74, 6) is -1.22. The largest absolute Gasteiger partial charge is 0.480 e. The second kappa shape index (κ2) is 6.44. The van der Waals surface area contributed by atoms with E-state index in [1.807, 2.05) is 6.92 Å². The van der Waals surface area contributed by atoms with E-state index in [9.17, 15) is 9.59 Å². The number of nitrogens with one attached hydrogen (secondary N) is 1. The Bertz CT molecular complexity index is 279. The zero-order valence-corrected chi connectivity index (χ0v) is 10.1. The number of aliphatic carboxylic acids is 1. The normalized spacial score (nSPS) is 16.4. The third kappa shape index (κ3) is 4.22. The van der Waals surface area contributed by atoms with Crippen molar-refractivity contribution in [3.05, 3.63) is 0 Å². The number of aliphatic hydroxyl groups is 1. The first kappa shape index (κ1) is 13.8. The maximum Gasteiger partial charge on any atom is 0.328 e. The quantitative estimate of drug-likeness (QED) is 0.605. The van der Waals surface area contributed by atoms with Gasteiger partial charge < -0.3 is 20.4 Å². The monoisotopic (exact) mass is 244 g/mol. The Morgan fingerprint density at radius 2 is 2.12 bits per heavy atom. The molecule has 1 aliphatic rings. The Labute approximate surface area is 101 Å². The highest BCUT2D eigenvalue weighted by Gasteiger charge is 2.33. The summed E-state index contributed by atoms with van der Waals surface area (Å²) < 4.78 is 0. The second-order valence-corrected chi connectivity index (χ2v) is 4.30. The van der Waals surface area contributed by atoms with E-state index in [2.05, 4.69) is 5.32 Å². The molecule has 98 valence electrons. The molecule has 0 radical (unpaired) electrons. The summed E-state index contributed by atoms with van der Waals surface area (Å²) in [4.78, 5) is 24.2. The number of unbranched alkanes of at least 4 members (excludes halogenated alkanes) is 1. The van der Waals surface area contributed by atoms with E-state index in [1.165, 1.54) is 0 Å². The van der Waals surface area contributed by atoms with Crippen molar-refractivity contribution in [3.63, 3.8) is 0 Å². The average Bonchev–Trinajstić information content (AvgIpc) is 3.10. The van der Waals surface area contributed by atoms with E-state index < -0.39 is 18.6 Å². The molecule has 1 aliphatic carbocycles. The lowest BCUT2D eigenvalue weighted by Gasteiger charge is -2.24. The number of urea groups is 1. The summed E-state index contributed by atoms with van der Waals surface area (Å²) in [7, 11) is 0. The molecule has 1 unspecified atom stereocenters. The van der Waals surface area contributed by atoms with Crippen molar-refractivity contribution in [2.45, 2.75) is 44.7 Å². The maximum atomic E-state index is 11.8. The molecule has 0 aromatic rings. The lowest BCUT2D eigenvalue weighted by Crippen LogP contribution is -2.50.